The highest BCUT2D eigenvalue weighted by Crippen LogP contribution is 2.17. The van der Waals surface area contributed by atoms with Gasteiger partial charge in [0.15, 0.2) is 0 Å². The molecule has 0 aliphatic rings. The summed E-state index contributed by atoms with van der Waals surface area (Å²) in [6.07, 6.45) is 46.0. The average molecular weight is 583 g/mol. The third-order valence-corrected chi connectivity index (χ3v) is 9.35. The molecule has 0 spiro atoms. The highest BCUT2D eigenvalue weighted by molar-refractivity contribution is 5.22. The molecule has 0 unspecified atom stereocenters. The number of aromatic nitrogens is 1. The number of nitrogens with zero attached hydrogens (tertiary/aromatic N) is 1. The van der Waals surface area contributed by atoms with E-state index >= 15 is 0 Å². The second-order valence-electron chi connectivity index (χ2n) is 13.6. The molecular formula is C41H76N. The summed E-state index contributed by atoms with van der Waals surface area (Å²) in [4.78, 5) is 5.06. The molecule has 0 aromatic carbocycles. The van der Waals surface area contributed by atoms with E-state index in [0.29, 0.717) is 0 Å². The summed E-state index contributed by atoms with van der Waals surface area (Å²) in [5, 5.41) is 0. The molecule has 1 nitrogen and oxygen atoms in total. The molecule has 0 saturated carbocycles. The Kier molecular flexibility index (Phi) is 29.4. The molecule has 1 aromatic heterocycles. The molecular weight excluding hydrogens is 506 g/mol. The number of hydrogen-bond donors (Lipinski definition) is 0. The zero-order valence-corrected chi connectivity index (χ0v) is 29.1. The van der Waals surface area contributed by atoms with Crippen LogP contribution < -0.4 is 0 Å². The van der Waals surface area contributed by atoms with E-state index in [1.165, 1.54) is 210 Å². The van der Waals surface area contributed by atoms with Crippen LogP contribution in [0, 0.1) is 6.92 Å². The van der Waals surface area contributed by atoms with E-state index in [1.54, 1.807) is 0 Å². The predicted octanol–water partition coefficient (Wildman–Crippen LogP) is 14.3. The molecule has 1 rings (SSSR count). The Morgan fingerprint density at radius 3 is 0.857 bits per heavy atom. The second-order valence-corrected chi connectivity index (χ2v) is 13.6. The van der Waals surface area contributed by atoms with Crippen LogP contribution in [0.25, 0.3) is 0 Å². The van der Waals surface area contributed by atoms with Crippen molar-refractivity contribution >= 4 is 0 Å². The van der Waals surface area contributed by atoms with E-state index < -0.39 is 0 Å². The Morgan fingerprint density at radius 2 is 0.619 bits per heavy atom. The Hall–Kier alpha value is -0.850. The van der Waals surface area contributed by atoms with Crippen molar-refractivity contribution in [1.29, 1.82) is 0 Å². The van der Waals surface area contributed by atoms with E-state index in [9.17, 15) is 0 Å². The Morgan fingerprint density at radius 1 is 0.381 bits per heavy atom. The minimum absolute atomic E-state index is 0.889. The quantitative estimate of drug-likeness (QED) is 0.0751. The first kappa shape index (κ1) is 39.2. The van der Waals surface area contributed by atoms with Crippen LogP contribution in [-0.4, -0.2) is 4.98 Å². The minimum Gasteiger partial charge on any atom is -0.258 e. The summed E-state index contributed by atoms with van der Waals surface area (Å²) in [6.45, 7) is 8.77. The van der Waals surface area contributed by atoms with Gasteiger partial charge in [-0.3, -0.25) is 4.98 Å². The van der Waals surface area contributed by atoms with E-state index in [0.717, 1.165) is 19.3 Å². The lowest BCUT2D eigenvalue weighted by molar-refractivity contribution is 0.531. The van der Waals surface area contributed by atoms with Crippen LogP contribution in [0.3, 0.4) is 0 Å². The summed E-state index contributed by atoms with van der Waals surface area (Å²) in [6, 6.07) is 4.65. The summed E-state index contributed by atoms with van der Waals surface area (Å²) in [7, 11) is 0. The van der Waals surface area contributed by atoms with Crippen molar-refractivity contribution in [3.05, 3.63) is 36.0 Å². The van der Waals surface area contributed by atoms with Crippen molar-refractivity contribution in [3.63, 3.8) is 0 Å². The largest absolute Gasteiger partial charge is 0.258 e. The van der Waals surface area contributed by atoms with Gasteiger partial charge in [-0.1, -0.05) is 194 Å². The third-order valence-electron chi connectivity index (χ3n) is 9.35. The lowest BCUT2D eigenvalue weighted by Gasteiger charge is -2.09. The molecule has 0 N–H and O–H groups in total. The molecule has 1 heterocycles. The first-order valence-electron chi connectivity index (χ1n) is 19.6. The van der Waals surface area contributed by atoms with Crippen LogP contribution in [0.1, 0.15) is 223 Å². The van der Waals surface area contributed by atoms with Gasteiger partial charge < -0.3 is 0 Å². The fraction of sp³-hybridized carbons (Fsp3) is 0.854. The van der Waals surface area contributed by atoms with Gasteiger partial charge in [-0.25, -0.2) is 0 Å². The molecule has 0 bridgehead atoms. The average Bonchev–Trinajstić information content (AvgIpc) is 3.01. The first-order chi connectivity index (χ1) is 20.8. The summed E-state index contributed by atoms with van der Waals surface area (Å²) in [5.41, 5.74) is 4.03. The van der Waals surface area contributed by atoms with Crippen LogP contribution in [0.15, 0.2) is 12.1 Å². The van der Waals surface area contributed by atoms with Crippen LogP contribution in [0.2, 0.25) is 0 Å². The first-order valence-corrected chi connectivity index (χ1v) is 19.6. The van der Waals surface area contributed by atoms with E-state index in [2.05, 4.69) is 32.9 Å². The zero-order valence-electron chi connectivity index (χ0n) is 29.1. The summed E-state index contributed by atoms with van der Waals surface area (Å²) >= 11 is 0. The molecule has 0 fully saturated rings. The summed E-state index contributed by atoms with van der Waals surface area (Å²) in [5.74, 6) is 0. The predicted molar refractivity (Wildman–Crippen MR) is 191 cm³/mol. The monoisotopic (exact) mass is 583 g/mol. The van der Waals surface area contributed by atoms with Gasteiger partial charge in [0.2, 0.25) is 0 Å². The van der Waals surface area contributed by atoms with Crippen molar-refractivity contribution in [2.24, 2.45) is 0 Å². The third kappa shape index (κ3) is 25.6. The van der Waals surface area contributed by atoms with E-state index in [1.807, 2.05) is 0 Å². The molecule has 0 atom stereocenters. The van der Waals surface area contributed by atoms with Gasteiger partial charge in [0.1, 0.15) is 0 Å². The molecule has 0 amide bonds. The molecule has 245 valence electrons. The topological polar surface area (TPSA) is 12.9 Å². The Labute approximate surface area is 266 Å². The van der Waals surface area contributed by atoms with Crippen LogP contribution in [0.5, 0.6) is 0 Å². The van der Waals surface area contributed by atoms with Crippen molar-refractivity contribution < 1.29 is 0 Å². The Bertz CT molecular complexity index is 613. The second kappa shape index (κ2) is 31.6. The lowest BCUT2D eigenvalue weighted by atomic mass is 10.0. The normalized spacial score (nSPS) is 11.5. The number of unbranched alkanes of at least 4 members (excludes halogenated alkanes) is 28. The molecule has 0 aliphatic carbocycles. The summed E-state index contributed by atoms with van der Waals surface area (Å²) < 4.78 is 0. The molecule has 1 aromatic rings. The van der Waals surface area contributed by atoms with Crippen LogP contribution in [0.4, 0.5) is 0 Å². The zero-order chi connectivity index (χ0) is 30.2. The van der Waals surface area contributed by atoms with Gasteiger partial charge in [-0.05, 0) is 56.7 Å². The minimum atomic E-state index is 0.889. The smallest absolute Gasteiger partial charge is 0.0409 e. The van der Waals surface area contributed by atoms with Gasteiger partial charge in [-0.15, -0.1) is 0 Å². The maximum atomic E-state index is 5.06. The highest BCUT2D eigenvalue weighted by Gasteiger charge is 2.04. The molecule has 1 radical (unpaired) electrons. The molecule has 0 aliphatic heterocycles. The van der Waals surface area contributed by atoms with Gasteiger partial charge >= 0.3 is 0 Å². The van der Waals surface area contributed by atoms with Crippen molar-refractivity contribution in [2.75, 3.05) is 0 Å². The molecule has 1 heteroatoms. The number of hydrogen-bond acceptors (Lipinski definition) is 1. The van der Waals surface area contributed by atoms with Crippen molar-refractivity contribution in [1.82, 2.24) is 4.98 Å². The Balaban J connectivity index is 1.99. The lowest BCUT2D eigenvalue weighted by Crippen LogP contribution is -2.00. The fourth-order valence-corrected chi connectivity index (χ4v) is 6.47. The van der Waals surface area contributed by atoms with Gasteiger partial charge in [0.25, 0.3) is 0 Å². The maximum absolute atomic E-state index is 5.06. The van der Waals surface area contributed by atoms with Crippen molar-refractivity contribution in [3.8, 4) is 0 Å². The van der Waals surface area contributed by atoms with E-state index in [4.69, 9.17) is 4.98 Å². The van der Waals surface area contributed by atoms with Gasteiger partial charge in [0, 0.05) is 11.4 Å². The van der Waals surface area contributed by atoms with Crippen LogP contribution >= 0.6 is 0 Å². The number of aryl methyl sites for hydroxylation is 2. The van der Waals surface area contributed by atoms with E-state index in [-0.39, 0.29) is 0 Å². The molecule has 0 saturated heterocycles. The van der Waals surface area contributed by atoms with Crippen LogP contribution in [-0.2, 0) is 19.3 Å². The number of rotatable bonds is 33. The fourth-order valence-electron chi connectivity index (χ4n) is 6.47. The van der Waals surface area contributed by atoms with Gasteiger partial charge in [0.05, 0.1) is 0 Å². The maximum Gasteiger partial charge on any atom is 0.0409 e. The SMILES string of the molecule is [CH2]Cc1cc(CCCCCCCCCCCCCCCCC)nc(CCCCCCCCCCCCCCCCC)c1. The highest BCUT2D eigenvalue weighted by atomic mass is 14.7. The standard InChI is InChI=1S/C41H76N/c1-4-7-9-11-13-15-17-19-21-23-25-27-29-31-33-35-40-37-39(6-3)38-41(42-40)36-34-32-30-28-26-24-22-20-18-16-14-12-10-8-5-2/h37-38H,3-36H2,1-2H3. The van der Waals surface area contributed by atoms with Gasteiger partial charge in [-0.2, -0.15) is 0 Å². The van der Waals surface area contributed by atoms with Crippen molar-refractivity contribution in [2.45, 2.75) is 226 Å². The number of pyridine rings is 1. The molecule has 42 heavy (non-hydrogen) atoms.